The smallest absolute Gasteiger partial charge is 0.271 e. The molecule has 3 rings (SSSR count). The predicted molar refractivity (Wildman–Crippen MR) is 97.4 cm³/mol. The van der Waals surface area contributed by atoms with Crippen LogP contribution >= 0.6 is 11.8 Å². The van der Waals surface area contributed by atoms with Crippen molar-refractivity contribution in [3.63, 3.8) is 0 Å². The Morgan fingerprint density at radius 2 is 2.04 bits per heavy atom. The molecule has 0 aliphatic rings. The molecule has 2 aromatic heterocycles. The second-order valence-corrected chi connectivity index (χ2v) is 6.69. The lowest BCUT2D eigenvalue weighted by molar-refractivity contribution is -0.384. The molecule has 2 heterocycles. The van der Waals surface area contributed by atoms with Crippen LogP contribution < -0.4 is 5.32 Å². The van der Waals surface area contributed by atoms with Crippen LogP contribution in [0.25, 0.3) is 5.78 Å². The number of fused-ring (bicyclic) bond motifs is 1. The maximum absolute atomic E-state index is 12.2. The number of anilines is 1. The molecule has 134 valence electrons. The Hall–Kier alpha value is -3.01. The Morgan fingerprint density at radius 3 is 2.77 bits per heavy atom. The van der Waals surface area contributed by atoms with Gasteiger partial charge >= 0.3 is 0 Å². The molecule has 0 saturated heterocycles. The second kappa shape index (κ2) is 7.08. The number of aryl methyl sites for hydroxylation is 3. The molecular weight excluding hydrogens is 356 g/mol. The molecule has 1 aromatic carbocycles. The number of hydrogen-bond acceptors (Lipinski definition) is 7. The van der Waals surface area contributed by atoms with E-state index in [0.29, 0.717) is 16.6 Å². The first-order valence-corrected chi connectivity index (χ1v) is 8.71. The van der Waals surface area contributed by atoms with E-state index >= 15 is 0 Å². The number of thioether (sulfide) groups is 1. The van der Waals surface area contributed by atoms with Gasteiger partial charge in [0.25, 0.3) is 11.5 Å². The molecule has 9 nitrogen and oxygen atoms in total. The first kappa shape index (κ1) is 17.8. The van der Waals surface area contributed by atoms with Gasteiger partial charge in [0, 0.05) is 23.5 Å². The number of nitrogens with one attached hydrogen (secondary N) is 1. The summed E-state index contributed by atoms with van der Waals surface area (Å²) in [7, 11) is 0. The van der Waals surface area contributed by atoms with Gasteiger partial charge < -0.3 is 5.32 Å². The normalized spacial score (nSPS) is 10.9. The van der Waals surface area contributed by atoms with Gasteiger partial charge in [0.15, 0.2) is 5.16 Å². The Morgan fingerprint density at radius 1 is 1.27 bits per heavy atom. The minimum atomic E-state index is -0.496. The lowest BCUT2D eigenvalue weighted by Crippen LogP contribution is -2.15. The van der Waals surface area contributed by atoms with Crippen LogP contribution in [0.15, 0.2) is 29.4 Å². The predicted octanol–water partition coefficient (Wildman–Crippen LogP) is 2.69. The highest BCUT2D eigenvalue weighted by molar-refractivity contribution is 7.99. The molecule has 0 saturated carbocycles. The summed E-state index contributed by atoms with van der Waals surface area (Å²) in [5, 5.41) is 22.2. The van der Waals surface area contributed by atoms with E-state index in [1.54, 1.807) is 17.4 Å². The minimum Gasteiger partial charge on any atom is -0.325 e. The van der Waals surface area contributed by atoms with E-state index in [9.17, 15) is 14.9 Å². The van der Waals surface area contributed by atoms with Crippen molar-refractivity contribution in [2.45, 2.75) is 25.9 Å². The zero-order valence-electron chi connectivity index (χ0n) is 14.4. The lowest BCUT2D eigenvalue weighted by atomic mass is 10.2. The molecule has 0 bridgehead atoms. The van der Waals surface area contributed by atoms with Crippen LogP contribution in [-0.2, 0) is 4.79 Å². The molecule has 0 fully saturated rings. The third kappa shape index (κ3) is 3.64. The summed E-state index contributed by atoms with van der Waals surface area (Å²) < 4.78 is 1.78. The van der Waals surface area contributed by atoms with Crippen LogP contribution in [0.5, 0.6) is 0 Å². The van der Waals surface area contributed by atoms with E-state index in [2.05, 4.69) is 20.5 Å². The van der Waals surface area contributed by atoms with Crippen molar-refractivity contribution in [2.75, 3.05) is 11.1 Å². The zero-order valence-corrected chi connectivity index (χ0v) is 15.2. The molecule has 26 heavy (non-hydrogen) atoms. The minimum absolute atomic E-state index is 0.0703. The van der Waals surface area contributed by atoms with Crippen molar-refractivity contribution < 1.29 is 9.72 Å². The maximum Gasteiger partial charge on any atom is 0.271 e. The molecule has 0 spiro atoms. The van der Waals surface area contributed by atoms with Crippen molar-refractivity contribution in [3.05, 3.63) is 51.3 Å². The maximum atomic E-state index is 12.2. The summed E-state index contributed by atoms with van der Waals surface area (Å²) in [4.78, 5) is 26.9. The number of nitro groups is 1. The number of nitrogens with zero attached hydrogens (tertiary/aromatic N) is 5. The van der Waals surface area contributed by atoms with Gasteiger partial charge in [0.05, 0.1) is 16.4 Å². The van der Waals surface area contributed by atoms with Crippen molar-refractivity contribution in [1.29, 1.82) is 0 Å². The van der Waals surface area contributed by atoms with Crippen molar-refractivity contribution >= 4 is 34.8 Å². The van der Waals surface area contributed by atoms with Gasteiger partial charge in [-0.2, -0.15) is 0 Å². The number of carbonyl (C=O) groups excluding carboxylic acids is 1. The highest BCUT2D eigenvalue weighted by Gasteiger charge is 2.14. The molecule has 1 amide bonds. The molecule has 0 aliphatic heterocycles. The number of aromatic nitrogens is 4. The number of carbonyl (C=O) groups is 1. The number of benzene rings is 1. The highest BCUT2D eigenvalue weighted by Crippen LogP contribution is 2.23. The SMILES string of the molecule is Cc1cc(C)n2c(SCC(=O)Nc3cc([N+](=O)[O-])ccc3C)nnc2n1. The number of non-ortho nitro benzene ring substituents is 1. The van der Waals surface area contributed by atoms with E-state index < -0.39 is 4.92 Å². The fourth-order valence-corrected chi connectivity index (χ4v) is 3.25. The Labute approximate surface area is 153 Å². The van der Waals surface area contributed by atoms with Gasteiger partial charge in [-0.25, -0.2) is 4.98 Å². The third-order valence-corrected chi connectivity index (χ3v) is 4.63. The fourth-order valence-electron chi connectivity index (χ4n) is 2.47. The largest absolute Gasteiger partial charge is 0.325 e. The van der Waals surface area contributed by atoms with Crippen LogP contribution in [0.1, 0.15) is 17.0 Å². The Balaban J connectivity index is 1.72. The summed E-state index contributed by atoms with van der Waals surface area (Å²) in [6.07, 6.45) is 0. The van der Waals surface area contributed by atoms with Gasteiger partial charge in [-0.3, -0.25) is 19.3 Å². The van der Waals surface area contributed by atoms with Crippen LogP contribution in [0.4, 0.5) is 11.4 Å². The molecular formula is C16H16N6O3S. The van der Waals surface area contributed by atoms with Crippen LogP contribution in [0, 0.1) is 30.9 Å². The van der Waals surface area contributed by atoms with Crippen LogP contribution in [0.2, 0.25) is 0 Å². The number of hydrogen-bond donors (Lipinski definition) is 1. The van der Waals surface area contributed by atoms with E-state index in [4.69, 9.17) is 0 Å². The van der Waals surface area contributed by atoms with E-state index in [1.807, 2.05) is 19.9 Å². The molecule has 0 aliphatic carbocycles. The van der Waals surface area contributed by atoms with Gasteiger partial charge in [0.2, 0.25) is 5.91 Å². The van der Waals surface area contributed by atoms with Gasteiger partial charge in [-0.1, -0.05) is 17.8 Å². The summed E-state index contributed by atoms with van der Waals surface area (Å²) in [6.45, 7) is 5.57. The molecule has 3 aromatic rings. The third-order valence-electron chi connectivity index (χ3n) is 3.70. The molecule has 10 heteroatoms. The summed E-state index contributed by atoms with van der Waals surface area (Å²) in [5.74, 6) is 0.295. The van der Waals surface area contributed by atoms with E-state index in [-0.39, 0.29) is 17.3 Å². The average molecular weight is 372 g/mol. The average Bonchev–Trinajstić information content (AvgIpc) is 2.98. The van der Waals surface area contributed by atoms with E-state index in [0.717, 1.165) is 17.0 Å². The fraction of sp³-hybridized carbons (Fsp3) is 0.250. The van der Waals surface area contributed by atoms with Crippen LogP contribution in [0.3, 0.4) is 0 Å². The first-order valence-electron chi connectivity index (χ1n) is 7.72. The van der Waals surface area contributed by atoms with Crippen LogP contribution in [-0.4, -0.2) is 36.2 Å². The summed E-state index contributed by atoms with van der Waals surface area (Å²) in [6, 6.07) is 6.26. The molecule has 0 radical (unpaired) electrons. The molecule has 1 N–H and O–H groups in total. The standard InChI is InChI=1S/C16H16N6O3S/c1-9-4-5-12(22(24)25)7-13(9)18-14(23)8-26-16-20-19-15-17-10(2)6-11(3)21(15)16/h4-7H,8H2,1-3H3,(H,18,23). The quantitative estimate of drug-likeness (QED) is 0.416. The monoisotopic (exact) mass is 372 g/mol. The number of nitro benzene ring substituents is 1. The number of rotatable bonds is 5. The van der Waals surface area contributed by atoms with E-state index in [1.165, 1.54) is 23.9 Å². The van der Waals surface area contributed by atoms with Crippen molar-refractivity contribution in [1.82, 2.24) is 19.6 Å². The first-order chi connectivity index (χ1) is 12.3. The molecule has 0 atom stereocenters. The zero-order chi connectivity index (χ0) is 18.8. The topological polar surface area (TPSA) is 115 Å². The lowest BCUT2D eigenvalue weighted by Gasteiger charge is -2.08. The summed E-state index contributed by atoms with van der Waals surface area (Å²) >= 11 is 1.22. The second-order valence-electron chi connectivity index (χ2n) is 5.75. The highest BCUT2D eigenvalue weighted by atomic mass is 32.2. The summed E-state index contributed by atoms with van der Waals surface area (Å²) in [5.41, 5.74) is 2.87. The molecule has 0 unspecified atom stereocenters. The van der Waals surface area contributed by atoms with Crippen molar-refractivity contribution in [3.8, 4) is 0 Å². The Kier molecular flexibility index (Phi) is 4.85. The van der Waals surface area contributed by atoms with Gasteiger partial charge in [0.1, 0.15) is 0 Å². The number of amides is 1. The Bertz CT molecular complexity index is 1020. The van der Waals surface area contributed by atoms with Crippen molar-refractivity contribution in [2.24, 2.45) is 0 Å². The van der Waals surface area contributed by atoms with Gasteiger partial charge in [-0.05, 0) is 32.4 Å². The van der Waals surface area contributed by atoms with Gasteiger partial charge in [-0.15, -0.1) is 10.2 Å².